The summed E-state index contributed by atoms with van der Waals surface area (Å²) < 4.78 is 0. The highest BCUT2D eigenvalue weighted by molar-refractivity contribution is 5.03. The summed E-state index contributed by atoms with van der Waals surface area (Å²) in [6.07, 6.45) is 7.64. The SMILES string of the molecule is CC(C)CC1CC2(CCC2)C1C. The van der Waals surface area contributed by atoms with Crippen LogP contribution in [0.2, 0.25) is 0 Å². The summed E-state index contributed by atoms with van der Waals surface area (Å²) in [4.78, 5) is 0. The molecule has 12 heavy (non-hydrogen) atoms. The Morgan fingerprint density at radius 3 is 2.33 bits per heavy atom. The fraction of sp³-hybridized carbons (Fsp3) is 1.00. The van der Waals surface area contributed by atoms with Gasteiger partial charge in [0.1, 0.15) is 0 Å². The van der Waals surface area contributed by atoms with Crippen molar-refractivity contribution in [2.24, 2.45) is 23.2 Å². The molecule has 0 radical (unpaired) electrons. The van der Waals surface area contributed by atoms with Gasteiger partial charge in [-0.2, -0.15) is 0 Å². The molecule has 0 nitrogen and oxygen atoms in total. The first-order chi connectivity index (χ1) is 5.64. The van der Waals surface area contributed by atoms with Crippen molar-refractivity contribution < 1.29 is 0 Å². The Morgan fingerprint density at radius 2 is 2.00 bits per heavy atom. The van der Waals surface area contributed by atoms with Gasteiger partial charge in [0, 0.05) is 0 Å². The summed E-state index contributed by atoms with van der Waals surface area (Å²) in [5.74, 6) is 3.04. The number of rotatable bonds is 2. The molecule has 0 N–H and O–H groups in total. The van der Waals surface area contributed by atoms with Crippen LogP contribution in [0.1, 0.15) is 52.9 Å². The van der Waals surface area contributed by atoms with Crippen molar-refractivity contribution in [3.8, 4) is 0 Å². The van der Waals surface area contributed by atoms with Crippen molar-refractivity contribution in [2.45, 2.75) is 52.9 Å². The molecule has 2 unspecified atom stereocenters. The van der Waals surface area contributed by atoms with Crippen LogP contribution < -0.4 is 0 Å². The molecular weight excluding hydrogens is 144 g/mol. The van der Waals surface area contributed by atoms with Gasteiger partial charge in [0.05, 0.1) is 0 Å². The van der Waals surface area contributed by atoms with Gasteiger partial charge in [-0.1, -0.05) is 27.2 Å². The van der Waals surface area contributed by atoms with Crippen molar-refractivity contribution in [3.63, 3.8) is 0 Å². The highest BCUT2D eigenvalue weighted by Gasteiger charge is 2.53. The van der Waals surface area contributed by atoms with Gasteiger partial charge < -0.3 is 0 Å². The standard InChI is InChI=1S/C12H22/c1-9(2)7-11-8-12(10(11)3)5-4-6-12/h9-11H,4-8H2,1-3H3. The molecule has 70 valence electrons. The smallest absolute Gasteiger partial charge is 0.0266 e. The quantitative estimate of drug-likeness (QED) is 0.584. The molecule has 0 amide bonds. The Morgan fingerprint density at radius 1 is 1.33 bits per heavy atom. The van der Waals surface area contributed by atoms with Crippen LogP contribution in [0, 0.1) is 23.2 Å². The lowest BCUT2D eigenvalue weighted by Gasteiger charge is -2.60. The Balaban J connectivity index is 1.83. The third kappa shape index (κ3) is 1.11. The van der Waals surface area contributed by atoms with Crippen LogP contribution in [0.15, 0.2) is 0 Å². The third-order valence-electron chi connectivity index (χ3n) is 4.47. The van der Waals surface area contributed by atoms with E-state index >= 15 is 0 Å². The van der Waals surface area contributed by atoms with Crippen LogP contribution in [0.5, 0.6) is 0 Å². The van der Waals surface area contributed by atoms with Crippen LogP contribution in [0.25, 0.3) is 0 Å². The average Bonchev–Trinajstić information content (AvgIpc) is 1.92. The Bertz CT molecular complexity index is 165. The van der Waals surface area contributed by atoms with Crippen LogP contribution >= 0.6 is 0 Å². The van der Waals surface area contributed by atoms with Crippen molar-refractivity contribution in [1.29, 1.82) is 0 Å². The lowest BCUT2D eigenvalue weighted by molar-refractivity contribution is -0.102. The van der Waals surface area contributed by atoms with Gasteiger partial charge in [-0.3, -0.25) is 0 Å². The predicted octanol–water partition coefficient (Wildman–Crippen LogP) is 3.86. The van der Waals surface area contributed by atoms with Crippen LogP contribution in [-0.2, 0) is 0 Å². The molecule has 0 bridgehead atoms. The van der Waals surface area contributed by atoms with E-state index in [-0.39, 0.29) is 0 Å². The minimum Gasteiger partial charge on any atom is -0.0628 e. The molecule has 2 rings (SSSR count). The largest absolute Gasteiger partial charge is 0.0628 e. The maximum Gasteiger partial charge on any atom is -0.0266 e. The van der Waals surface area contributed by atoms with E-state index in [9.17, 15) is 0 Å². The Kier molecular flexibility index (Phi) is 1.97. The van der Waals surface area contributed by atoms with Crippen LogP contribution in [-0.4, -0.2) is 0 Å². The zero-order valence-corrected chi connectivity index (χ0v) is 8.77. The summed E-state index contributed by atoms with van der Waals surface area (Å²) in [5, 5.41) is 0. The van der Waals surface area contributed by atoms with Gasteiger partial charge in [-0.25, -0.2) is 0 Å². The second-order valence-corrected chi connectivity index (χ2v) is 5.60. The van der Waals surface area contributed by atoms with Gasteiger partial charge in [-0.05, 0) is 48.9 Å². The third-order valence-corrected chi connectivity index (χ3v) is 4.47. The van der Waals surface area contributed by atoms with Crippen molar-refractivity contribution in [3.05, 3.63) is 0 Å². The topological polar surface area (TPSA) is 0 Å². The zero-order chi connectivity index (χ0) is 8.77. The highest BCUT2D eigenvalue weighted by Crippen LogP contribution is 2.63. The molecule has 2 atom stereocenters. The maximum absolute atomic E-state index is 2.50. The van der Waals surface area contributed by atoms with Gasteiger partial charge >= 0.3 is 0 Å². The number of hydrogen-bond acceptors (Lipinski definition) is 0. The lowest BCUT2D eigenvalue weighted by Crippen LogP contribution is -2.51. The second kappa shape index (κ2) is 2.75. The van der Waals surface area contributed by atoms with Crippen molar-refractivity contribution in [2.75, 3.05) is 0 Å². The fourth-order valence-electron chi connectivity index (χ4n) is 3.41. The molecule has 0 heteroatoms. The lowest BCUT2D eigenvalue weighted by atomic mass is 9.45. The molecule has 0 aromatic carbocycles. The van der Waals surface area contributed by atoms with E-state index in [4.69, 9.17) is 0 Å². The first kappa shape index (κ1) is 8.59. The summed E-state index contributed by atoms with van der Waals surface area (Å²) in [7, 11) is 0. The first-order valence-electron chi connectivity index (χ1n) is 5.64. The molecule has 0 aliphatic heterocycles. The Labute approximate surface area is 76.7 Å². The molecule has 1 spiro atoms. The highest BCUT2D eigenvalue weighted by atomic mass is 14.6. The van der Waals surface area contributed by atoms with Crippen molar-refractivity contribution >= 4 is 0 Å². The van der Waals surface area contributed by atoms with E-state index < -0.39 is 0 Å². The summed E-state index contributed by atoms with van der Waals surface area (Å²) >= 11 is 0. The van der Waals surface area contributed by atoms with Crippen LogP contribution in [0.4, 0.5) is 0 Å². The molecule has 0 aromatic rings. The summed E-state index contributed by atoms with van der Waals surface area (Å²) in [6, 6.07) is 0. The second-order valence-electron chi connectivity index (χ2n) is 5.60. The fourth-order valence-corrected chi connectivity index (χ4v) is 3.41. The summed E-state index contributed by atoms with van der Waals surface area (Å²) in [6.45, 7) is 7.21. The predicted molar refractivity (Wildman–Crippen MR) is 53.0 cm³/mol. The molecule has 2 aliphatic carbocycles. The Hall–Kier alpha value is 0. The molecule has 0 aromatic heterocycles. The average molecular weight is 166 g/mol. The van der Waals surface area contributed by atoms with Gasteiger partial charge in [-0.15, -0.1) is 0 Å². The molecule has 0 heterocycles. The van der Waals surface area contributed by atoms with Gasteiger partial charge in [0.25, 0.3) is 0 Å². The minimum absolute atomic E-state index is 0.861. The molecule has 0 saturated heterocycles. The van der Waals surface area contributed by atoms with E-state index in [1.165, 1.54) is 12.8 Å². The molecule has 2 saturated carbocycles. The number of hydrogen-bond donors (Lipinski definition) is 0. The van der Waals surface area contributed by atoms with E-state index in [2.05, 4.69) is 20.8 Å². The van der Waals surface area contributed by atoms with Gasteiger partial charge in [0.2, 0.25) is 0 Å². The summed E-state index contributed by atoms with van der Waals surface area (Å²) in [5.41, 5.74) is 0.861. The van der Waals surface area contributed by atoms with E-state index in [0.29, 0.717) is 0 Å². The van der Waals surface area contributed by atoms with E-state index in [1.54, 1.807) is 19.3 Å². The normalized spacial score (nSPS) is 38.0. The molecule has 2 fully saturated rings. The van der Waals surface area contributed by atoms with E-state index in [0.717, 1.165) is 23.2 Å². The maximum atomic E-state index is 2.50. The monoisotopic (exact) mass is 166 g/mol. The molecular formula is C12H22. The van der Waals surface area contributed by atoms with E-state index in [1.807, 2.05) is 0 Å². The molecule has 2 aliphatic rings. The first-order valence-corrected chi connectivity index (χ1v) is 5.64. The zero-order valence-electron chi connectivity index (χ0n) is 8.77. The van der Waals surface area contributed by atoms with Crippen molar-refractivity contribution in [1.82, 2.24) is 0 Å². The van der Waals surface area contributed by atoms with Crippen LogP contribution in [0.3, 0.4) is 0 Å². The minimum atomic E-state index is 0.861. The van der Waals surface area contributed by atoms with Gasteiger partial charge in [0.15, 0.2) is 0 Å².